The summed E-state index contributed by atoms with van der Waals surface area (Å²) < 4.78 is 9.94. The van der Waals surface area contributed by atoms with E-state index in [2.05, 4.69) is 9.69 Å². The van der Waals surface area contributed by atoms with Crippen molar-refractivity contribution in [2.45, 2.75) is 52.0 Å². The van der Waals surface area contributed by atoms with E-state index in [-0.39, 0.29) is 13.2 Å². The van der Waals surface area contributed by atoms with Crippen LogP contribution in [-0.2, 0) is 9.47 Å². The zero-order valence-electron chi connectivity index (χ0n) is 21.1. The number of hydrogen-bond acceptors (Lipinski definition) is 6. The predicted molar refractivity (Wildman–Crippen MR) is 143 cm³/mol. The lowest BCUT2D eigenvalue weighted by Gasteiger charge is -2.25. The Morgan fingerprint density at radius 2 is 1.16 bits per heavy atom. The average molecular weight is 561 g/mol. The minimum absolute atomic E-state index is 0.137. The van der Waals surface area contributed by atoms with Crippen molar-refractivity contribution in [2.75, 3.05) is 23.0 Å². The number of halogens is 2. The molecule has 0 radical (unpaired) electrons. The number of amides is 2. The molecule has 2 aliphatic rings. The first-order chi connectivity index (χ1) is 17.9. The topological polar surface area (TPSA) is 108 Å². The van der Waals surface area contributed by atoms with Crippen molar-refractivity contribution in [1.82, 2.24) is 0 Å². The minimum atomic E-state index is -0.717. The van der Waals surface area contributed by atoms with Crippen molar-refractivity contribution in [2.24, 2.45) is 0 Å². The van der Waals surface area contributed by atoms with Crippen LogP contribution < -0.4 is 9.80 Å². The molecule has 2 N–H and O–H groups in total. The second-order valence-corrected chi connectivity index (χ2v) is 9.57. The van der Waals surface area contributed by atoms with E-state index < -0.39 is 36.5 Å². The molecule has 38 heavy (non-hydrogen) atoms. The summed E-state index contributed by atoms with van der Waals surface area (Å²) in [5, 5.41) is 20.0. The van der Waals surface area contributed by atoms with Crippen LogP contribution >= 0.6 is 23.2 Å². The highest BCUT2D eigenvalue weighted by molar-refractivity contribution is 6.35. The second-order valence-electron chi connectivity index (χ2n) is 8.82. The van der Waals surface area contributed by atoms with Gasteiger partial charge in [-0.2, -0.15) is 0 Å². The number of anilines is 2. The number of aliphatic hydroxyl groups is 2. The van der Waals surface area contributed by atoms with E-state index >= 15 is 0 Å². The zero-order chi connectivity index (χ0) is 28.3. The summed E-state index contributed by atoms with van der Waals surface area (Å²) >= 11 is 12.2. The van der Waals surface area contributed by atoms with Crippen LogP contribution in [0.15, 0.2) is 24.3 Å². The Morgan fingerprint density at radius 3 is 1.45 bits per heavy atom. The fourth-order valence-corrected chi connectivity index (χ4v) is 4.56. The molecule has 2 aromatic rings. The van der Waals surface area contributed by atoms with Gasteiger partial charge in [0, 0.05) is 11.4 Å². The van der Waals surface area contributed by atoms with Gasteiger partial charge in [-0.3, -0.25) is 9.80 Å². The van der Waals surface area contributed by atoms with E-state index in [1.807, 2.05) is 0 Å². The Balaban J connectivity index is 0.000000211. The third-order valence-electron chi connectivity index (χ3n) is 6.36. The van der Waals surface area contributed by atoms with Crippen molar-refractivity contribution in [1.29, 1.82) is 0 Å². The van der Waals surface area contributed by atoms with E-state index in [0.717, 1.165) is 0 Å². The van der Waals surface area contributed by atoms with E-state index in [1.54, 1.807) is 52.0 Å². The number of carbonyl (C=O) groups excluding carboxylic acids is 2. The molecule has 200 valence electrons. The Bertz CT molecular complexity index is 1230. The largest absolute Gasteiger partial charge is 0.447 e. The normalized spacial score (nSPS) is 20.1. The van der Waals surface area contributed by atoms with Gasteiger partial charge < -0.3 is 19.7 Å². The number of ether oxygens (including phenoxy) is 2. The Hall–Kier alpha value is -3.54. The molecule has 0 unspecified atom stereocenters. The molecular formula is C26H26Cl2N4O6. The minimum Gasteiger partial charge on any atom is -0.447 e. The monoisotopic (exact) mass is 560 g/mol. The Kier molecular flexibility index (Phi) is 9.08. The van der Waals surface area contributed by atoms with Gasteiger partial charge in [-0.05, 0) is 51.0 Å². The fourth-order valence-electron chi connectivity index (χ4n) is 4.15. The lowest BCUT2D eigenvalue weighted by molar-refractivity contribution is 0.141. The highest BCUT2D eigenvalue weighted by Gasteiger charge is 2.39. The molecule has 0 aliphatic carbocycles. The van der Waals surface area contributed by atoms with Gasteiger partial charge in [-0.25, -0.2) is 19.3 Å². The van der Waals surface area contributed by atoms with Gasteiger partial charge in [0.15, 0.2) is 0 Å². The summed E-state index contributed by atoms with van der Waals surface area (Å²) in [6, 6.07) is 5.53. The lowest BCUT2D eigenvalue weighted by Crippen LogP contribution is -2.41. The van der Waals surface area contributed by atoms with Crippen LogP contribution in [0.3, 0.4) is 0 Å². The maximum Gasteiger partial charge on any atom is 0.414 e. The highest BCUT2D eigenvalue weighted by Crippen LogP contribution is 2.38. The number of nitrogens with zero attached hydrogens (tertiary/aromatic N) is 4. The second kappa shape index (κ2) is 11.9. The molecular weight excluding hydrogens is 535 g/mol. The van der Waals surface area contributed by atoms with E-state index in [9.17, 15) is 19.8 Å². The maximum absolute atomic E-state index is 11.8. The molecule has 0 saturated carbocycles. The molecule has 0 bridgehead atoms. The number of aliphatic hydroxyl groups excluding tert-OH is 2. The van der Waals surface area contributed by atoms with Crippen LogP contribution in [-0.4, -0.2) is 59.9 Å². The van der Waals surface area contributed by atoms with Gasteiger partial charge in [0.05, 0.1) is 35.4 Å². The van der Waals surface area contributed by atoms with Crippen molar-refractivity contribution >= 4 is 58.1 Å². The first kappa shape index (κ1) is 29.0. The summed E-state index contributed by atoms with van der Waals surface area (Å²) in [5.41, 5.74) is 3.05. The number of carbonyl (C=O) groups is 2. The maximum atomic E-state index is 11.8. The number of rotatable bonds is 4. The molecule has 10 nitrogen and oxygen atoms in total. The van der Waals surface area contributed by atoms with Crippen LogP contribution in [0.4, 0.5) is 32.3 Å². The van der Waals surface area contributed by atoms with Crippen molar-refractivity contribution < 1.29 is 29.3 Å². The van der Waals surface area contributed by atoms with Gasteiger partial charge in [-0.1, -0.05) is 35.3 Å². The summed E-state index contributed by atoms with van der Waals surface area (Å²) in [4.78, 5) is 33.0. The van der Waals surface area contributed by atoms with Gasteiger partial charge in [0.1, 0.15) is 25.3 Å². The molecule has 2 amide bonds. The summed E-state index contributed by atoms with van der Waals surface area (Å²) in [6.07, 6.45) is -2.46. The van der Waals surface area contributed by atoms with Crippen molar-refractivity contribution in [3.63, 3.8) is 0 Å². The van der Waals surface area contributed by atoms with Gasteiger partial charge in [-0.15, -0.1) is 0 Å². The van der Waals surface area contributed by atoms with Gasteiger partial charge in [0.2, 0.25) is 11.4 Å². The predicted octanol–water partition coefficient (Wildman–Crippen LogP) is 5.81. The van der Waals surface area contributed by atoms with E-state index in [0.29, 0.717) is 43.9 Å². The van der Waals surface area contributed by atoms with Crippen LogP contribution in [0.1, 0.15) is 25.0 Å². The quantitative estimate of drug-likeness (QED) is 0.457. The number of hydrogen-bond donors (Lipinski definition) is 2. The van der Waals surface area contributed by atoms with Gasteiger partial charge >= 0.3 is 12.2 Å². The molecule has 4 rings (SSSR count). The van der Waals surface area contributed by atoms with Crippen LogP contribution in [0.5, 0.6) is 0 Å². The third kappa shape index (κ3) is 5.50. The molecule has 0 aromatic heterocycles. The van der Waals surface area contributed by atoms with Crippen LogP contribution in [0.25, 0.3) is 9.69 Å². The summed E-state index contributed by atoms with van der Waals surface area (Å²) in [5.74, 6) is 0. The molecule has 2 aliphatic heterocycles. The third-order valence-corrected chi connectivity index (χ3v) is 7.31. The van der Waals surface area contributed by atoms with Crippen molar-refractivity contribution in [3.8, 4) is 0 Å². The van der Waals surface area contributed by atoms with E-state index in [4.69, 9.17) is 45.8 Å². The highest BCUT2D eigenvalue weighted by atomic mass is 35.5. The Morgan fingerprint density at radius 1 is 0.816 bits per heavy atom. The Labute approximate surface area is 230 Å². The summed E-state index contributed by atoms with van der Waals surface area (Å²) in [7, 11) is 0. The number of benzene rings is 2. The summed E-state index contributed by atoms with van der Waals surface area (Å²) in [6.45, 7) is 21.0. The molecule has 4 atom stereocenters. The first-order valence-corrected chi connectivity index (χ1v) is 12.3. The smallest absolute Gasteiger partial charge is 0.414 e. The van der Waals surface area contributed by atoms with Crippen LogP contribution in [0.2, 0.25) is 10.0 Å². The molecule has 2 fully saturated rings. The SMILES string of the molecule is [C-]#[N+]c1ccc(N2C(=O)OC[C@@H]2[C@@H](C)O)c(C)c1Cl.[C-]#[N+]c1ccc(N2C(=O)OC[C@@H]2[C@H](C)O)c(C)c1Cl. The zero-order valence-corrected chi connectivity index (χ0v) is 22.6. The average Bonchev–Trinajstić information content (AvgIpc) is 3.45. The molecule has 2 heterocycles. The molecule has 2 aromatic carbocycles. The first-order valence-electron chi connectivity index (χ1n) is 11.6. The molecule has 0 spiro atoms. The van der Waals surface area contributed by atoms with Crippen LogP contribution in [0, 0.1) is 27.0 Å². The van der Waals surface area contributed by atoms with Crippen molar-refractivity contribution in [3.05, 3.63) is 68.3 Å². The number of cyclic esters (lactones) is 2. The lowest BCUT2D eigenvalue weighted by atomic mass is 10.1. The van der Waals surface area contributed by atoms with Gasteiger partial charge in [0.25, 0.3) is 0 Å². The van der Waals surface area contributed by atoms with E-state index in [1.165, 1.54) is 9.80 Å². The fraction of sp³-hybridized carbons (Fsp3) is 0.385. The molecule has 2 saturated heterocycles. The standard InChI is InChI=1S/2C13H13ClN2O3/c2*1-7-10(5-4-9(15-3)12(7)14)16-11(8(2)17)6-19-13(16)18/h2*4-5,8,11,17H,6H2,1-2H3/t8-,11+;8-,11-/m01/s1. The molecule has 12 heteroatoms.